The highest BCUT2D eigenvalue weighted by molar-refractivity contribution is 4.88. The van der Waals surface area contributed by atoms with Crippen molar-refractivity contribution < 1.29 is 0 Å². The Hall–Kier alpha value is -0.0800. The summed E-state index contributed by atoms with van der Waals surface area (Å²) >= 11 is 0. The lowest BCUT2D eigenvalue weighted by molar-refractivity contribution is 0.0616. The Balaban J connectivity index is 2.56. The van der Waals surface area contributed by atoms with Crippen molar-refractivity contribution in [2.75, 3.05) is 13.1 Å². The van der Waals surface area contributed by atoms with Crippen LogP contribution in [-0.4, -0.2) is 36.1 Å². The first-order valence-corrected chi connectivity index (χ1v) is 7.05. The molecule has 0 spiro atoms. The quantitative estimate of drug-likeness (QED) is 0.775. The molecule has 1 aliphatic rings. The fraction of sp³-hybridized carbons (Fsp3) is 1.00. The predicted molar refractivity (Wildman–Crippen MR) is 71.8 cm³/mol. The first-order chi connectivity index (χ1) is 7.56. The molecule has 16 heavy (non-hydrogen) atoms. The van der Waals surface area contributed by atoms with Gasteiger partial charge in [-0.25, -0.2) is 0 Å². The Kier molecular flexibility index (Phi) is 5.77. The Morgan fingerprint density at radius 2 is 2.00 bits per heavy atom. The average molecular weight is 226 g/mol. The van der Waals surface area contributed by atoms with Gasteiger partial charge in [-0.2, -0.15) is 0 Å². The van der Waals surface area contributed by atoms with E-state index < -0.39 is 0 Å². The van der Waals surface area contributed by atoms with E-state index in [1.807, 2.05) is 0 Å². The molecule has 0 aromatic rings. The smallest absolute Gasteiger partial charge is 0.0247 e. The van der Waals surface area contributed by atoms with E-state index in [0.29, 0.717) is 6.04 Å². The van der Waals surface area contributed by atoms with Crippen molar-refractivity contribution in [1.29, 1.82) is 0 Å². The van der Waals surface area contributed by atoms with Gasteiger partial charge in [-0.15, -0.1) is 0 Å². The van der Waals surface area contributed by atoms with Gasteiger partial charge < -0.3 is 5.32 Å². The van der Waals surface area contributed by atoms with E-state index >= 15 is 0 Å². The average Bonchev–Trinajstić information content (AvgIpc) is 2.25. The zero-order valence-electron chi connectivity index (χ0n) is 11.8. The summed E-state index contributed by atoms with van der Waals surface area (Å²) < 4.78 is 0. The van der Waals surface area contributed by atoms with Gasteiger partial charge in [0.1, 0.15) is 0 Å². The highest BCUT2D eigenvalue weighted by atomic mass is 15.3. The molecule has 2 heteroatoms. The molecule has 1 saturated heterocycles. The molecule has 1 aliphatic heterocycles. The molecule has 96 valence electrons. The minimum Gasteiger partial charge on any atom is -0.311 e. The van der Waals surface area contributed by atoms with Crippen LogP contribution < -0.4 is 5.32 Å². The molecule has 0 saturated carbocycles. The Labute approximate surface area is 102 Å². The van der Waals surface area contributed by atoms with E-state index in [2.05, 4.69) is 44.8 Å². The van der Waals surface area contributed by atoms with Gasteiger partial charge in [-0.3, -0.25) is 4.90 Å². The molecule has 0 radical (unpaired) electrons. The van der Waals surface area contributed by atoms with Gasteiger partial charge in [0.2, 0.25) is 0 Å². The van der Waals surface area contributed by atoms with Crippen molar-refractivity contribution in [2.45, 2.75) is 72.0 Å². The summed E-state index contributed by atoms with van der Waals surface area (Å²) in [5.74, 6) is 0.754. The molecule has 2 nitrogen and oxygen atoms in total. The summed E-state index contributed by atoms with van der Waals surface area (Å²) in [5, 5.41) is 3.61. The van der Waals surface area contributed by atoms with Gasteiger partial charge in [0.25, 0.3) is 0 Å². The first-order valence-electron chi connectivity index (χ1n) is 7.05. The van der Waals surface area contributed by atoms with Crippen molar-refractivity contribution in [3.8, 4) is 0 Å². The van der Waals surface area contributed by atoms with E-state index in [0.717, 1.165) is 24.5 Å². The van der Waals surface area contributed by atoms with Crippen LogP contribution in [-0.2, 0) is 0 Å². The van der Waals surface area contributed by atoms with Crippen molar-refractivity contribution in [1.82, 2.24) is 10.2 Å². The Bertz CT molecular complexity index is 191. The standard InChI is InChI=1S/C14H30N2/c1-6-7-8-13(5)16-10-12(4)15-9-14(16)11(2)3/h11-15H,6-10H2,1-5H3. The number of rotatable bonds is 5. The van der Waals surface area contributed by atoms with Gasteiger partial charge in [-0.1, -0.05) is 33.6 Å². The fourth-order valence-electron chi connectivity index (χ4n) is 2.75. The van der Waals surface area contributed by atoms with Crippen LogP contribution in [0.5, 0.6) is 0 Å². The van der Waals surface area contributed by atoms with Crippen LogP contribution in [0.2, 0.25) is 0 Å². The molecular formula is C14H30N2. The third-order valence-corrected chi connectivity index (χ3v) is 3.90. The summed E-state index contributed by atoms with van der Waals surface area (Å²) in [6.07, 6.45) is 4.04. The number of hydrogen-bond donors (Lipinski definition) is 1. The van der Waals surface area contributed by atoms with E-state index in [1.165, 1.54) is 25.8 Å². The van der Waals surface area contributed by atoms with E-state index in [-0.39, 0.29) is 0 Å². The monoisotopic (exact) mass is 226 g/mol. The molecule has 1 fully saturated rings. The summed E-state index contributed by atoms with van der Waals surface area (Å²) in [4.78, 5) is 2.74. The topological polar surface area (TPSA) is 15.3 Å². The molecule has 0 aromatic heterocycles. The molecule has 3 atom stereocenters. The zero-order chi connectivity index (χ0) is 12.1. The lowest BCUT2D eigenvalue weighted by Crippen LogP contribution is -2.59. The van der Waals surface area contributed by atoms with Crippen LogP contribution in [0.3, 0.4) is 0 Å². The molecule has 0 bridgehead atoms. The van der Waals surface area contributed by atoms with E-state index in [4.69, 9.17) is 0 Å². The normalized spacial score (nSPS) is 29.6. The lowest BCUT2D eigenvalue weighted by Gasteiger charge is -2.45. The third kappa shape index (κ3) is 3.74. The predicted octanol–water partition coefficient (Wildman–Crippen LogP) is 2.88. The van der Waals surface area contributed by atoms with E-state index in [1.54, 1.807) is 0 Å². The van der Waals surface area contributed by atoms with Gasteiger partial charge in [0.15, 0.2) is 0 Å². The second-order valence-corrected chi connectivity index (χ2v) is 5.81. The highest BCUT2D eigenvalue weighted by Gasteiger charge is 2.30. The van der Waals surface area contributed by atoms with Gasteiger partial charge in [0.05, 0.1) is 0 Å². The maximum Gasteiger partial charge on any atom is 0.0247 e. The zero-order valence-corrected chi connectivity index (χ0v) is 11.8. The van der Waals surface area contributed by atoms with Crippen LogP contribution in [0.4, 0.5) is 0 Å². The summed E-state index contributed by atoms with van der Waals surface area (Å²) in [5.41, 5.74) is 0. The summed E-state index contributed by atoms with van der Waals surface area (Å²) in [7, 11) is 0. The molecule has 0 aliphatic carbocycles. The number of unbranched alkanes of at least 4 members (excludes halogenated alkanes) is 1. The SMILES string of the molecule is CCCCC(C)N1CC(C)NCC1C(C)C. The third-order valence-electron chi connectivity index (χ3n) is 3.90. The maximum atomic E-state index is 3.61. The highest BCUT2D eigenvalue weighted by Crippen LogP contribution is 2.20. The largest absolute Gasteiger partial charge is 0.311 e. The Morgan fingerprint density at radius 3 is 2.56 bits per heavy atom. The van der Waals surface area contributed by atoms with Crippen molar-refractivity contribution in [2.24, 2.45) is 5.92 Å². The van der Waals surface area contributed by atoms with Crippen molar-refractivity contribution in [3.63, 3.8) is 0 Å². The number of piperazine rings is 1. The van der Waals surface area contributed by atoms with Crippen LogP contribution >= 0.6 is 0 Å². The van der Waals surface area contributed by atoms with Crippen molar-refractivity contribution in [3.05, 3.63) is 0 Å². The molecule has 1 N–H and O–H groups in total. The molecular weight excluding hydrogens is 196 g/mol. The molecule has 0 amide bonds. The second-order valence-electron chi connectivity index (χ2n) is 5.81. The van der Waals surface area contributed by atoms with Crippen LogP contribution in [0.25, 0.3) is 0 Å². The maximum absolute atomic E-state index is 3.61. The number of hydrogen-bond acceptors (Lipinski definition) is 2. The van der Waals surface area contributed by atoms with Crippen LogP contribution in [0, 0.1) is 5.92 Å². The van der Waals surface area contributed by atoms with Gasteiger partial charge in [0, 0.05) is 31.2 Å². The van der Waals surface area contributed by atoms with E-state index in [9.17, 15) is 0 Å². The first kappa shape index (κ1) is 14.0. The number of nitrogens with zero attached hydrogens (tertiary/aromatic N) is 1. The van der Waals surface area contributed by atoms with Crippen LogP contribution in [0.15, 0.2) is 0 Å². The lowest BCUT2D eigenvalue weighted by atomic mass is 9.95. The number of nitrogens with one attached hydrogen (secondary N) is 1. The summed E-state index contributed by atoms with van der Waals surface area (Å²) in [6.45, 7) is 14.1. The second kappa shape index (κ2) is 6.61. The fourth-order valence-corrected chi connectivity index (χ4v) is 2.75. The minimum absolute atomic E-state index is 0.652. The van der Waals surface area contributed by atoms with Crippen molar-refractivity contribution >= 4 is 0 Å². The molecule has 1 rings (SSSR count). The molecule has 1 heterocycles. The van der Waals surface area contributed by atoms with Gasteiger partial charge in [-0.05, 0) is 26.2 Å². The van der Waals surface area contributed by atoms with Gasteiger partial charge >= 0.3 is 0 Å². The van der Waals surface area contributed by atoms with Crippen LogP contribution in [0.1, 0.15) is 53.9 Å². The molecule has 0 aromatic carbocycles. The molecule has 3 unspecified atom stereocenters. The minimum atomic E-state index is 0.652. The summed E-state index contributed by atoms with van der Waals surface area (Å²) in [6, 6.07) is 2.12. The Morgan fingerprint density at radius 1 is 1.31 bits per heavy atom.